The van der Waals surface area contributed by atoms with Crippen molar-refractivity contribution in [2.24, 2.45) is 4.99 Å². The van der Waals surface area contributed by atoms with Crippen LogP contribution in [0.4, 0.5) is 5.69 Å². The first-order valence-electron chi connectivity index (χ1n) is 4.57. The summed E-state index contributed by atoms with van der Waals surface area (Å²) < 4.78 is 5.21. The van der Waals surface area contributed by atoms with E-state index in [2.05, 4.69) is 11.9 Å². The van der Waals surface area contributed by atoms with Gasteiger partial charge in [0.25, 0.3) is 0 Å². The van der Waals surface area contributed by atoms with Crippen LogP contribution in [-0.4, -0.2) is 13.2 Å². The van der Waals surface area contributed by atoms with E-state index in [1.165, 1.54) is 6.08 Å². The number of ether oxygens (including phenoxy) is 1. The van der Waals surface area contributed by atoms with Crippen molar-refractivity contribution in [1.29, 1.82) is 0 Å². The van der Waals surface area contributed by atoms with E-state index in [-0.39, 0.29) is 0 Å². The number of carbonyl (C=O) groups excluding carboxylic acids is 1. The first kappa shape index (κ1) is 10.5. The average Bonchev–Trinajstić information content (AvgIpc) is 2.19. The van der Waals surface area contributed by atoms with E-state index in [1.54, 1.807) is 13.2 Å². The van der Waals surface area contributed by atoms with Gasteiger partial charge in [0.05, 0.1) is 7.11 Å². The summed E-state index contributed by atoms with van der Waals surface area (Å²) in [7, 11) is 1.58. The molecule has 0 unspecified atom stereocenters. The van der Waals surface area contributed by atoms with Crippen molar-refractivity contribution in [2.75, 3.05) is 7.11 Å². The molecule has 1 aromatic rings. The lowest BCUT2D eigenvalue weighted by molar-refractivity contribution is 0.410. The summed E-state index contributed by atoms with van der Waals surface area (Å²) in [6.45, 7) is 2.09. The molecule has 3 heteroatoms. The number of hydrogen-bond acceptors (Lipinski definition) is 3. The van der Waals surface area contributed by atoms with Crippen molar-refractivity contribution >= 4 is 11.8 Å². The normalized spacial score (nSPS) is 9.29. The van der Waals surface area contributed by atoms with Gasteiger partial charge in [-0.3, -0.25) is 0 Å². The quantitative estimate of drug-likeness (QED) is 0.542. The lowest BCUT2D eigenvalue weighted by atomic mass is 10.1. The third-order valence-electron chi connectivity index (χ3n) is 1.97. The molecular weight excluding hydrogens is 178 g/mol. The molecule has 0 aliphatic rings. The molecule has 0 spiro atoms. The smallest absolute Gasteiger partial charge is 0.240 e. The summed E-state index contributed by atoms with van der Waals surface area (Å²) in [4.78, 5) is 13.8. The molecule has 0 atom stereocenters. The van der Waals surface area contributed by atoms with Crippen LogP contribution in [0.5, 0.6) is 5.75 Å². The van der Waals surface area contributed by atoms with Crippen LogP contribution in [-0.2, 0) is 11.2 Å². The average molecular weight is 191 g/mol. The van der Waals surface area contributed by atoms with Crippen LogP contribution in [0.3, 0.4) is 0 Å². The van der Waals surface area contributed by atoms with E-state index < -0.39 is 0 Å². The Morgan fingerprint density at radius 1 is 1.50 bits per heavy atom. The van der Waals surface area contributed by atoms with Crippen LogP contribution in [0.1, 0.15) is 18.9 Å². The van der Waals surface area contributed by atoms with Gasteiger partial charge < -0.3 is 4.74 Å². The monoisotopic (exact) mass is 191 g/mol. The highest BCUT2D eigenvalue weighted by Crippen LogP contribution is 2.31. The van der Waals surface area contributed by atoms with Gasteiger partial charge in [0.2, 0.25) is 6.08 Å². The van der Waals surface area contributed by atoms with Crippen molar-refractivity contribution in [1.82, 2.24) is 0 Å². The number of aliphatic imine (C=N–C) groups is 1. The number of benzene rings is 1. The number of hydrogen-bond donors (Lipinski definition) is 0. The summed E-state index contributed by atoms with van der Waals surface area (Å²) in [6.07, 6.45) is 3.48. The fraction of sp³-hybridized carbons (Fsp3) is 0.364. The van der Waals surface area contributed by atoms with Gasteiger partial charge in [-0.25, -0.2) is 4.79 Å². The molecular formula is C11H13NO2. The standard InChI is InChI=1S/C11H13NO2/c1-3-5-9-6-4-7-10(12-8-13)11(9)14-2/h4,6-7H,3,5H2,1-2H3. The molecule has 0 saturated heterocycles. The Morgan fingerprint density at radius 3 is 2.86 bits per heavy atom. The Balaban J connectivity index is 3.17. The summed E-state index contributed by atoms with van der Waals surface area (Å²) in [5, 5.41) is 0. The van der Waals surface area contributed by atoms with Crippen LogP contribution in [0.15, 0.2) is 23.2 Å². The van der Waals surface area contributed by atoms with Crippen molar-refractivity contribution in [2.45, 2.75) is 19.8 Å². The Kier molecular flexibility index (Phi) is 3.89. The third-order valence-corrected chi connectivity index (χ3v) is 1.97. The van der Waals surface area contributed by atoms with Crippen molar-refractivity contribution in [3.63, 3.8) is 0 Å². The van der Waals surface area contributed by atoms with E-state index in [9.17, 15) is 4.79 Å². The molecule has 14 heavy (non-hydrogen) atoms. The third kappa shape index (κ3) is 2.21. The minimum absolute atomic E-state index is 0.549. The van der Waals surface area contributed by atoms with E-state index in [4.69, 9.17) is 4.74 Å². The highest BCUT2D eigenvalue weighted by Gasteiger charge is 2.06. The second kappa shape index (κ2) is 5.20. The zero-order valence-corrected chi connectivity index (χ0v) is 8.41. The molecule has 3 nitrogen and oxygen atoms in total. The minimum atomic E-state index is 0.549. The molecule has 1 rings (SSSR count). The SMILES string of the molecule is CCCc1cccc(N=C=O)c1OC. The number of para-hydroxylation sites is 1. The zero-order valence-electron chi connectivity index (χ0n) is 8.41. The number of methoxy groups -OCH3 is 1. The summed E-state index contributed by atoms with van der Waals surface area (Å²) >= 11 is 0. The fourth-order valence-electron chi connectivity index (χ4n) is 1.41. The second-order valence-electron chi connectivity index (χ2n) is 2.92. The Hall–Kier alpha value is -1.60. The van der Waals surface area contributed by atoms with E-state index in [0.717, 1.165) is 18.4 Å². The Bertz CT molecular complexity index is 354. The molecule has 0 bridgehead atoms. The number of nitrogens with zero attached hydrogens (tertiary/aromatic N) is 1. The van der Waals surface area contributed by atoms with Gasteiger partial charge in [-0.1, -0.05) is 25.5 Å². The highest BCUT2D eigenvalue weighted by molar-refractivity contribution is 5.60. The van der Waals surface area contributed by atoms with Crippen molar-refractivity contribution < 1.29 is 9.53 Å². The van der Waals surface area contributed by atoms with Gasteiger partial charge in [0.1, 0.15) is 11.4 Å². The van der Waals surface area contributed by atoms with E-state index >= 15 is 0 Å². The molecule has 0 fully saturated rings. The summed E-state index contributed by atoms with van der Waals surface area (Å²) in [6, 6.07) is 5.58. The van der Waals surface area contributed by atoms with Crippen molar-refractivity contribution in [3.8, 4) is 5.75 Å². The maximum Gasteiger partial charge on any atom is 0.240 e. The predicted octanol–water partition coefficient (Wildman–Crippen LogP) is 2.62. The van der Waals surface area contributed by atoms with Gasteiger partial charge in [-0.15, -0.1) is 0 Å². The van der Waals surface area contributed by atoms with Gasteiger partial charge >= 0.3 is 0 Å². The second-order valence-corrected chi connectivity index (χ2v) is 2.92. The van der Waals surface area contributed by atoms with Crippen LogP contribution in [0.2, 0.25) is 0 Å². The van der Waals surface area contributed by atoms with E-state index in [1.807, 2.05) is 12.1 Å². The first-order valence-corrected chi connectivity index (χ1v) is 4.57. The number of rotatable bonds is 4. The van der Waals surface area contributed by atoms with Gasteiger partial charge in [-0.05, 0) is 18.1 Å². The summed E-state index contributed by atoms with van der Waals surface area (Å²) in [5.74, 6) is 0.678. The van der Waals surface area contributed by atoms with Gasteiger partial charge in [-0.2, -0.15) is 4.99 Å². The molecule has 0 aliphatic heterocycles. The maximum absolute atomic E-state index is 10.2. The topological polar surface area (TPSA) is 38.7 Å². The van der Waals surface area contributed by atoms with E-state index in [0.29, 0.717) is 11.4 Å². The molecule has 0 saturated carbocycles. The van der Waals surface area contributed by atoms with Crippen molar-refractivity contribution in [3.05, 3.63) is 23.8 Å². The molecule has 74 valence electrons. The predicted molar refractivity (Wildman–Crippen MR) is 54.8 cm³/mol. The number of aryl methyl sites for hydroxylation is 1. The lowest BCUT2D eigenvalue weighted by Crippen LogP contribution is -1.91. The van der Waals surface area contributed by atoms with Crippen LogP contribution in [0.25, 0.3) is 0 Å². The molecule has 0 amide bonds. The molecule has 0 radical (unpaired) electrons. The molecule has 0 heterocycles. The van der Waals surface area contributed by atoms with Crippen LogP contribution in [0, 0.1) is 0 Å². The first-order chi connectivity index (χ1) is 6.83. The zero-order chi connectivity index (χ0) is 10.4. The molecule has 0 N–H and O–H groups in total. The number of isocyanates is 1. The van der Waals surface area contributed by atoms with Gasteiger partial charge in [0, 0.05) is 0 Å². The lowest BCUT2D eigenvalue weighted by Gasteiger charge is -2.08. The van der Waals surface area contributed by atoms with Gasteiger partial charge in [0.15, 0.2) is 0 Å². The summed E-state index contributed by atoms with van der Waals surface area (Å²) in [5.41, 5.74) is 1.62. The molecule has 0 aliphatic carbocycles. The minimum Gasteiger partial charge on any atom is -0.494 e. The molecule has 1 aromatic carbocycles. The highest BCUT2D eigenvalue weighted by atomic mass is 16.5. The van der Waals surface area contributed by atoms with Crippen LogP contribution < -0.4 is 4.74 Å². The largest absolute Gasteiger partial charge is 0.494 e. The maximum atomic E-state index is 10.2. The Morgan fingerprint density at radius 2 is 2.29 bits per heavy atom. The molecule has 0 aromatic heterocycles. The Labute approximate surface area is 83.4 Å². The van der Waals surface area contributed by atoms with Crippen LogP contribution >= 0.6 is 0 Å². The fourth-order valence-corrected chi connectivity index (χ4v) is 1.41.